The second-order valence-corrected chi connectivity index (χ2v) is 6.48. The molecule has 156 valence electrons. The van der Waals surface area contributed by atoms with E-state index in [1.54, 1.807) is 26.3 Å². The zero-order valence-corrected chi connectivity index (χ0v) is 18.7. The van der Waals surface area contributed by atoms with Gasteiger partial charge in [-0.05, 0) is 31.2 Å². The van der Waals surface area contributed by atoms with E-state index in [4.69, 9.17) is 9.47 Å². The van der Waals surface area contributed by atoms with E-state index in [1.165, 1.54) is 0 Å². The minimum absolute atomic E-state index is 0. The molecule has 28 heavy (non-hydrogen) atoms. The highest BCUT2D eigenvalue weighted by Gasteiger charge is 2.33. The van der Waals surface area contributed by atoms with Crippen molar-refractivity contribution in [3.05, 3.63) is 40.3 Å². The molecule has 2 aromatic rings. The number of halogens is 4. The Bertz CT molecular complexity index is 754. The van der Waals surface area contributed by atoms with Gasteiger partial charge in [0.25, 0.3) is 0 Å². The SMILES string of the molecule is CN=C(NCc1nc(C(F)(F)F)cs1)NCC(C)Oc1ccc(OC)cc1.I. The average Bonchev–Trinajstić information content (AvgIpc) is 3.12. The van der Waals surface area contributed by atoms with Crippen LogP contribution in [0.3, 0.4) is 0 Å². The number of aliphatic imine (C=N–C) groups is 1. The van der Waals surface area contributed by atoms with Crippen LogP contribution in [-0.4, -0.2) is 37.7 Å². The van der Waals surface area contributed by atoms with Crippen molar-refractivity contribution in [1.82, 2.24) is 15.6 Å². The molecule has 11 heteroatoms. The number of hydrogen-bond donors (Lipinski definition) is 2. The number of methoxy groups -OCH3 is 1. The van der Waals surface area contributed by atoms with Gasteiger partial charge in [-0.15, -0.1) is 35.3 Å². The Labute approximate surface area is 182 Å². The molecule has 1 unspecified atom stereocenters. The number of guanidine groups is 1. The molecule has 6 nitrogen and oxygen atoms in total. The first-order valence-corrected chi connectivity index (χ1v) is 8.96. The summed E-state index contributed by atoms with van der Waals surface area (Å²) in [5, 5.41) is 7.32. The summed E-state index contributed by atoms with van der Waals surface area (Å²) in [7, 11) is 3.17. The van der Waals surface area contributed by atoms with E-state index in [2.05, 4.69) is 20.6 Å². The zero-order valence-electron chi connectivity index (χ0n) is 15.5. The molecular formula is C17H22F3IN4O2S. The molecule has 1 heterocycles. The number of rotatable bonds is 7. The molecule has 1 aromatic carbocycles. The van der Waals surface area contributed by atoms with Gasteiger partial charge < -0.3 is 20.1 Å². The van der Waals surface area contributed by atoms with Crippen molar-refractivity contribution in [2.75, 3.05) is 20.7 Å². The largest absolute Gasteiger partial charge is 0.497 e. The van der Waals surface area contributed by atoms with Crippen molar-refractivity contribution in [3.63, 3.8) is 0 Å². The van der Waals surface area contributed by atoms with E-state index in [-0.39, 0.29) is 36.6 Å². The van der Waals surface area contributed by atoms with Gasteiger partial charge in [0.2, 0.25) is 0 Å². The number of thiazole rings is 1. The minimum atomic E-state index is -4.43. The van der Waals surface area contributed by atoms with E-state index in [0.29, 0.717) is 23.3 Å². The number of hydrogen-bond acceptors (Lipinski definition) is 5. The number of ether oxygens (including phenoxy) is 2. The second kappa shape index (κ2) is 11.3. The maximum atomic E-state index is 12.6. The van der Waals surface area contributed by atoms with Crippen LogP contribution in [0, 0.1) is 0 Å². The van der Waals surface area contributed by atoms with Gasteiger partial charge >= 0.3 is 6.18 Å². The van der Waals surface area contributed by atoms with E-state index in [0.717, 1.165) is 22.5 Å². The fourth-order valence-electron chi connectivity index (χ4n) is 2.07. The molecule has 0 saturated heterocycles. The molecule has 0 spiro atoms. The Kier molecular flexibility index (Phi) is 9.79. The lowest BCUT2D eigenvalue weighted by Crippen LogP contribution is -2.41. The van der Waals surface area contributed by atoms with E-state index < -0.39 is 11.9 Å². The summed E-state index contributed by atoms with van der Waals surface area (Å²) in [6.45, 7) is 2.49. The monoisotopic (exact) mass is 530 g/mol. The molecule has 0 fully saturated rings. The van der Waals surface area contributed by atoms with Crippen LogP contribution in [0.5, 0.6) is 11.5 Å². The maximum Gasteiger partial charge on any atom is 0.434 e. The van der Waals surface area contributed by atoms with Crippen LogP contribution in [0.1, 0.15) is 17.6 Å². The van der Waals surface area contributed by atoms with Crippen molar-refractivity contribution in [1.29, 1.82) is 0 Å². The molecule has 2 N–H and O–H groups in total. The van der Waals surface area contributed by atoms with Gasteiger partial charge in [-0.3, -0.25) is 4.99 Å². The summed E-state index contributed by atoms with van der Waals surface area (Å²) >= 11 is 0.947. The molecule has 1 aromatic heterocycles. The van der Waals surface area contributed by atoms with Crippen molar-refractivity contribution in [2.45, 2.75) is 25.7 Å². The Hall–Kier alpha value is -1.76. The Balaban J connectivity index is 0.00000392. The summed E-state index contributed by atoms with van der Waals surface area (Å²) in [6, 6.07) is 7.23. The van der Waals surface area contributed by atoms with Gasteiger partial charge in [-0.1, -0.05) is 0 Å². The van der Waals surface area contributed by atoms with Crippen LogP contribution in [0.4, 0.5) is 13.2 Å². The molecule has 0 aliphatic heterocycles. The quantitative estimate of drug-likeness (QED) is 0.323. The number of nitrogens with zero attached hydrogens (tertiary/aromatic N) is 2. The average molecular weight is 530 g/mol. The van der Waals surface area contributed by atoms with Crippen LogP contribution in [0.2, 0.25) is 0 Å². The summed E-state index contributed by atoms with van der Waals surface area (Å²) in [5.41, 5.74) is -0.881. The maximum absolute atomic E-state index is 12.6. The standard InChI is InChI=1S/C17H21F3N4O2S.HI/c1-11(26-13-6-4-12(25-3)5-7-13)8-22-16(21-2)23-9-15-24-14(10-27-15)17(18,19)20;/h4-7,10-11H,8-9H2,1-3H3,(H2,21,22,23);1H. The van der Waals surface area contributed by atoms with Crippen LogP contribution in [0.15, 0.2) is 34.6 Å². The highest BCUT2D eigenvalue weighted by Crippen LogP contribution is 2.29. The molecule has 0 aliphatic rings. The third-order valence-corrected chi connectivity index (χ3v) is 4.28. The first-order valence-electron chi connectivity index (χ1n) is 8.08. The van der Waals surface area contributed by atoms with Crippen molar-refractivity contribution in [3.8, 4) is 11.5 Å². The van der Waals surface area contributed by atoms with Crippen LogP contribution in [0.25, 0.3) is 0 Å². The van der Waals surface area contributed by atoms with E-state index in [1.807, 2.05) is 19.1 Å². The topological polar surface area (TPSA) is 67.8 Å². The fraction of sp³-hybridized carbons (Fsp3) is 0.412. The lowest BCUT2D eigenvalue weighted by molar-refractivity contribution is -0.140. The minimum Gasteiger partial charge on any atom is -0.497 e. The van der Waals surface area contributed by atoms with E-state index in [9.17, 15) is 13.2 Å². The Morgan fingerprint density at radius 3 is 2.39 bits per heavy atom. The second-order valence-electron chi connectivity index (χ2n) is 5.53. The van der Waals surface area contributed by atoms with Gasteiger partial charge in [0, 0.05) is 12.4 Å². The summed E-state index contributed by atoms with van der Waals surface area (Å²) in [6.07, 6.45) is -4.59. The molecule has 0 amide bonds. The third kappa shape index (κ3) is 7.70. The van der Waals surface area contributed by atoms with Crippen LogP contribution >= 0.6 is 35.3 Å². The molecule has 0 aliphatic carbocycles. The number of nitrogens with one attached hydrogen (secondary N) is 2. The van der Waals surface area contributed by atoms with Crippen LogP contribution < -0.4 is 20.1 Å². The van der Waals surface area contributed by atoms with E-state index >= 15 is 0 Å². The third-order valence-electron chi connectivity index (χ3n) is 3.43. The van der Waals surface area contributed by atoms with Crippen molar-refractivity contribution in [2.24, 2.45) is 4.99 Å². The van der Waals surface area contributed by atoms with Crippen molar-refractivity contribution < 1.29 is 22.6 Å². The zero-order chi connectivity index (χ0) is 19.9. The normalized spacial score (nSPS) is 12.7. The summed E-state index contributed by atoms with van der Waals surface area (Å²) < 4.78 is 48.6. The highest BCUT2D eigenvalue weighted by atomic mass is 127. The number of aromatic nitrogens is 1. The van der Waals surface area contributed by atoms with Gasteiger partial charge in [0.15, 0.2) is 11.7 Å². The first kappa shape index (κ1) is 24.3. The smallest absolute Gasteiger partial charge is 0.434 e. The lowest BCUT2D eigenvalue weighted by Gasteiger charge is -2.17. The summed E-state index contributed by atoms with van der Waals surface area (Å²) in [5.74, 6) is 1.90. The number of alkyl halides is 3. The lowest BCUT2D eigenvalue weighted by atomic mass is 10.3. The predicted octanol–water partition coefficient (Wildman–Crippen LogP) is 3.92. The van der Waals surface area contributed by atoms with Gasteiger partial charge in [0.05, 0.1) is 20.2 Å². The van der Waals surface area contributed by atoms with Gasteiger partial charge in [0.1, 0.15) is 22.6 Å². The molecule has 0 bridgehead atoms. The fourth-order valence-corrected chi connectivity index (χ4v) is 2.81. The molecular weight excluding hydrogens is 508 g/mol. The van der Waals surface area contributed by atoms with Crippen LogP contribution in [-0.2, 0) is 12.7 Å². The highest BCUT2D eigenvalue weighted by molar-refractivity contribution is 14.0. The number of benzene rings is 1. The molecule has 0 radical (unpaired) electrons. The van der Waals surface area contributed by atoms with Gasteiger partial charge in [-0.25, -0.2) is 4.98 Å². The Morgan fingerprint density at radius 2 is 1.86 bits per heavy atom. The molecule has 2 rings (SSSR count). The molecule has 0 saturated carbocycles. The molecule has 1 atom stereocenters. The first-order chi connectivity index (χ1) is 12.8. The van der Waals surface area contributed by atoms with Gasteiger partial charge in [-0.2, -0.15) is 13.2 Å². The summed E-state index contributed by atoms with van der Waals surface area (Å²) in [4.78, 5) is 7.60. The predicted molar refractivity (Wildman–Crippen MR) is 114 cm³/mol. The van der Waals surface area contributed by atoms with Crippen molar-refractivity contribution >= 4 is 41.3 Å². The Morgan fingerprint density at radius 1 is 1.21 bits per heavy atom.